The Kier molecular flexibility index (Phi) is 6.56. The SMILES string of the molecule is O=C(NCCC=Cc1ccc(Cl)cc1Br)OCC1c2ccccc2-c2ccccc21. The predicted octanol–water partition coefficient (Wildman–Crippen LogP) is 7.04. The fourth-order valence-corrected chi connectivity index (χ4v) is 4.57. The van der Waals surface area contributed by atoms with Gasteiger partial charge in [-0.1, -0.05) is 94.3 Å². The molecule has 30 heavy (non-hydrogen) atoms. The maximum Gasteiger partial charge on any atom is 0.407 e. The van der Waals surface area contributed by atoms with Gasteiger partial charge in [-0.05, 0) is 46.4 Å². The molecule has 0 heterocycles. The van der Waals surface area contributed by atoms with Gasteiger partial charge in [-0.3, -0.25) is 0 Å². The van der Waals surface area contributed by atoms with E-state index in [0.29, 0.717) is 24.6 Å². The zero-order valence-electron chi connectivity index (χ0n) is 16.3. The first-order chi connectivity index (χ1) is 14.6. The van der Waals surface area contributed by atoms with Gasteiger partial charge in [0, 0.05) is 22.0 Å². The molecular weight excluding hydrogens is 462 g/mol. The quantitative estimate of drug-likeness (QED) is 0.382. The van der Waals surface area contributed by atoms with Crippen LogP contribution in [0.3, 0.4) is 0 Å². The van der Waals surface area contributed by atoms with Gasteiger partial charge in [0.2, 0.25) is 0 Å². The number of carbonyl (C=O) groups is 1. The summed E-state index contributed by atoms with van der Waals surface area (Å²) in [5.74, 6) is 0.0744. The van der Waals surface area contributed by atoms with Crippen molar-refractivity contribution < 1.29 is 9.53 Å². The van der Waals surface area contributed by atoms with Crippen molar-refractivity contribution in [3.8, 4) is 11.1 Å². The van der Waals surface area contributed by atoms with E-state index in [1.165, 1.54) is 22.3 Å². The zero-order valence-corrected chi connectivity index (χ0v) is 18.6. The molecule has 0 radical (unpaired) electrons. The van der Waals surface area contributed by atoms with Crippen molar-refractivity contribution in [3.05, 3.63) is 99.0 Å². The van der Waals surface area contributed by atoms with Crippen LogP contribution in [-0.2, 0) is 4.74 Å². The van der Waals surface area contributed by atoms with Crippen LogP contribution in [0.1, 0.15) is 29.0 Å². The van der Waals surface area contributed by atoms with Crippen LogP contribution in [0.2, 0.25) is 5.02 Å². The molecule has 0 atom stereocenters. The number of nitrogens with one attached hydrogen (secondary N) is 1. The minimum absolute atomic E-state index is 0.0744. The lowest BCUT2D eigenvalue weighted by Gasteiger charge is -2.14. The third kappa shape index (κ3) is 4.61. The molecule has 1 aliphatic carbocycles. The Balaban J connectivity index is 1.28. The monoisotopic (exact) mass is 481 g/mol. The number of fused-ring (bicyclic) bond motifs is 3. The molecule has 0 bridgehead atoms. The Morgan fingerprint density at radius 1 is 1.03 bits per heavy atom. The van der Waals surface area contributed by atoms with E-state index in [9.17, 15) is 4.79 Å². The van der Waals surface area contributed by atoms with Crippen LogP contribution in [-0.4, -0.2) is 19.2 Å². The number of hydrogen-bond acceptors (Lipinski definition) is 2. The second-order valence-electron chi connectivity index (χ2n) is 7.11. The van der Waals surface area contributed by atoms with E-state index >= 15 is 0 Å². The Morgan fingerprint density at radius 2 is 1.70 bits per heavy atom. The van der Waals surface area contributed by atoms with E-state index in [2.05, 4.69) is 45.5 Å². The van der Waals surface area contributed by atoms with Gasteiger partial charge in [0.25, 0.3) is 0 Å². The van der Waals surface area contributed by atoms with E-state index in [0.717, 1.165) is 10.0 Å². The van der Waals surface area contributed by atoms with Gasteiger partial charge in [0.05, 0.1) is 0 Å². The highest BCUT2D eigenvalue weighted by molar-refractivity contribution is 9.10. The molecule has 1 N–H and O–H groups in total. The lowest BCUT2D eigenvalue weighted by Crippen LogP contribution is -2.26. The third-order valence-electron chi connectivity index (χ3n) is 5.18. The fraction of sp³-hybridized carbons (Fsp3) is 0.160. The van der Waals surface area contributed by atoms with Crippen LogP contribution in [0.4, 0.5) is 4.79 Å². The number of alkyl carbamates (subject to hydrolysis) is 1. The maximum atomic E-state index is 12.2. The molecular formula is C25H21BrClNO2. The van der Waals surface area contributed by atoms with E-state index in [1.54, 1.807) is 0 Å². The number of halogens is 2. The molecule has 0 spiro atoms. The topological polar surface area (TPSA) is 38.3 Å². The molecule has 0 unspecified atom stereocenters. The van der Waals surface area contributed by atoms with E-state index in [4.69, 9.17) is 16.3 Å². The summed E-state index contributed by atoms with van der Waals surface area (Å²) in [4.78, 5) is 12.2. The van der Waals surface area contributed by atoms with E-state index in [1.807, 2.05) is 54.6 Å². The molecule has 0 saturated carbocycles. The lowest BCUT2D eigenvalue weighted by molar-refractivity contribution is 0.143. The van der Waals surface area contributed by atoms with Crippen molar-refractivity contribution >= 4 is 39.7 Å². The second kappa shape index (κ2) is 9.50. The Hall–Kier alpha value is -2.56. The van der Waals surface area contributed by atoms with E-state index in [-0.39, 0.29) is 5.92 Å². The van der Waals surface area contributed by atoms with Crippen molar-refractivity contribution in [1.29, 1.82) is 0 Å². The summed E-state index contributed by atoms with van der Waals surface area (Å²) >= 11 is 9.44. The van der Waals surface area contributed by atoms with Crippen molar-refractivity contribution in [2.75, 3.05) is 13.2 Å². The summed E-state index contributed by atoms with van der Waals surface area (Å²) < 4.78 is 6.48. The highest BCUT2D eigenvalue weighted by Gasteiger charge is 2.28. The number of hydrogen-bond donors (Lipinski definition) is 1. The number of ether oxygens (including phenoxy) is 1. The second-order valence-corrected chi connectivity index (χ2v) is 8.40. The molecule has 4 rings (SSSR count). The summed E-state index contributed by atoms with van der Waals surface area (Å²) in [6.45, 7) is 0.839. The van der Waals surface area contributed by atoms with Crippen LogP contribution < -0.4 is 5.32 Å². The summed E-state index contributed by atoms with van der Waals surface area (Å²) in [6, 6.07) is 22.3. The standard InChI is InChI=1S/C25H21BrClNO2/c26-24-15-18(27)13-12-17(24)7-5-6-14-28-25(29)30-16-23-21-10-3-1-8-19(21)20-9-2-4-11-22(20)23/h1-5,7-13,15,23H,6,14,16H2,(H,28,29). The molecule has 3 aromatic carbocycles. The zero-order chi connectivity index (χ0) is 20.9. The minimum atomic E-state index is -0.391. The molecule has 3 aromatic rings. The fourth-order valence-electron chi connectivity index (χ4n) is 3.75. The number of carbonyl (C=O) groups excluding carboxylic acids is 1. The van der Waals surface area contributed by atoms with Gasteiger partial charge in [0.1, 0.15) is 6.61 Å². The molecule has 1 amide bonds. The van der Waals surface area contributed by atoms with Crippen molar-refractivity contribution in [3.63, 3.8) is 0 Å². The smallest absolute Gasteiger partial charge is 0.407 e. The Morgan fingerprint density at radius 3 is 2.37 bits per heavy atom. The van der Waals surface area contributed by atoms with Gasteiger partial charge >= 0.3 is 6.09 Å². The highest BCUT2D eigenvalue weighted by Crippen LogP contribution is 2.44. The highest BCUT2D eigenvalue weighted by atomic mass is 79.9. The predicted molar refractivity (Wildman–Crippen MR) is 126 cm³/mol. The van der Waals surface area contributed by atoms with Gasteiger partial charge in [-0.15, -0.1) is 0 Å². The molecule has 3 nitrogen and oxygen atoms in total. The number of amides is 1. The van der Waals surface area contributed by atoms with Crippen molar-refractivity contribution in [1.82, 2.24) is 5.32 Å². The van der Waals surface area contributed by atoms with Crippen LogP contribution >= 0.6 is 27.5 Å². The van der Waals surface area contributed by atoms with Crippen LogP contribution in [0.15, 0.2) is 77.3 Å². The first-order valence-electron chi connectivity index (χ1n) is 9.84. The third-order valence-corrected chi connectivity index (χ3v) is 6.11. The summed E-state index contributed by atoms with van der Waals surface area (Å²) in [6.07, 6.45) is 4.33. The molecule has 152 valence electrons. The maximum absolute atomic E-state index is 12.2. The van der Waals surface area contributed by atoms with Gasteiger partial charge in [0.15, 0.2) is 0 Å². The Labute approximate surface area is 189 Å². The van der Waals surface area contributed by atoms with Crippen molar-refractivity contribution in [2.45, 2.75) is 12.3 Å². The summed E-state index contributed by atoms with van der Waals surface area (Å²) in [7, 11) is 0. The van der Waals surface area contributed by atoms with Crippen molar-refractivity contribution in [2.24, 2.45) is 0 Å². The summed E-state index contributed by atoms with van der Waals surface area (Å²) in [5.41, 5.74) is 5.91. The lowest BCUT2D eigenvalue weighted by atomic mass is 9.98. The molecule has 0 saturated heterocycles. The average molecular weight is 483 g/mol. The van der Waals surface area contributed by atoms with Crippen LogP contribution in [0.25, 0.3) is 17.2 Å². The molecule has 1 aliphatic rings. The minimum Gasteiger partial charge on any atom is -0.449 e. The Bertz CT molecular complexity index is 1050. The average Bonchev–Trinajstić information content (AvgIpc) is 3.07. The van der Waals surface area contributed by atoms with Gasteiger partial charge in [-0.2, -0.15) is 0 Å². The van der Waals surface area contributed by atoms with Gasteiger partial charge < -0.3 is 10.1 Å². The molecule has 0 aliphatic heterocycles. The molecule has 5 heteroatoms. The van der Waals surface area contributed by atoms with E-state index < -0.39 is 6.09 Å². The molecule has 0 aromatic heterocycles. The number of benzene rings is 3. The first kappa shape index (κ1) is 20.7. The van der Waals surface area contributed by atoms with Crippen LogP contribution in [0.5, 0.6) is 0 Å². The number of rotatable bonds is 6. The van der Waals surface area contributed by atoms with Crippen LogP contribution in [0, 0.1) is 0 Å². The summed E-state index contributed by atoms with van der Waals surface area (Å²) in [5, 5.41) is 3.51. The first-order valence-corrected chi connectivity index (χ1v) is 11.0. The largest absolute Gasteiger partial charge is 0.449 e. The van der Waals surface area contributed by atoms with Gasteiger partial charge in [-0.25, -0.2) is 4.79 Å². The normalized spacial score (nSPS) is 12.6. The molecule has 0 fully saturated rings.